The van der Waals surface area contributed by atoms with Gasteiger partial charge in [0.15, 0.2) is 5.82 Å². The Balaban J connectivity index is 2.53. The van der Waals surface area contributed by atoms with Crippen molar-refractivity contribution in [2.75, 3.05) is 7.11 Å². The van der Waals surface area contributed by atoms with Gasteiger partial charge in [0.25, 0.3) is 5.89 Å². The molecule has 0 amide bonds. The van der Waals surface area contributed by atoms with E-state index in [0.29, 0.717) is 11.6 Å². The van der Waals surface area contributed by atoms with Crippen molar-refractivity contribution in [2.24, 2.45) is 5.73 Å². The van der Waals surface area contributed by atoms with Gasteiger partial charge in [-0.3, -0.25) is 0 Å². The average Bonchev–Trinajstić information content (AvgIpc) is 2.76. The van der Waals surface area contributed by atoms with Gasteiger partial charge in [-0.15, -0.1) is 0 Å². The highest BCUT2D eigenvalue weighted by atomic mass is 19.1. The molecule has 16 heavy (non-hydrogen) atoms. The van der Waals surface area contributed by atoms with Crippen molar-refractivity contribution in [1.29, 1.82) is 0 Å². The molecular weight excluding hydrogens is 213 g/mol. The van der Waals surface area contributed by atoms with Gasteiger partial charge in [-0.05, 0) is 12.1 Å². The number of methoxy groups -OCH3 is 1. The first-order valence-corrected chi connectivity index (χ1v) is 4.61. The van der Waals surface area contributed by atoms with Crippen molar-refractivity contribution in [3.8, 4) is 17.2 Å². The Labute approximate surface area is 91.0 Å². The number of ether oxygens (including phenoxy) is 1. The molecule has 0 aliphatic carbocycles. The number of aromatic nitrogens is 2. The number of hydrogen-bond donors (Lipinski definition) is 1. The second kappa shape index (κ2) is 4.28. The van der Waals surface area contributed by atoms with E-state index in [1.807, 2.05) is 0 Å². The standard InChI is InChI=1S/C10H10FN3O2/c1-15-7-4-2-3-6(11)9(7)10-13-8(5-12)14-16-10/h2-4H,5,12H2,1H3. The van der Waals surface area contributed by atoms with Crippen LogP contribution in [0.4, 0.5) is 4.39 Å². The molecule has 6 heteroatoms. The minimum atomic E-state index is -0.480. The van der Waals surface area contributed by atoms with Crippen LogP contribution in [0.1, 0.15) is 5.82 Å². The molecular formula is C10H10FN3O2. The van der Waals surface area contributed by atoms with Crippen LogP contribution in [0.3, 0.4) is 0 Å². The van der Waals surface area contributed by atoms with Gasteiger partial charge in [-0.1, -0.05) is 11.2 Å². The molecule has 1 aromatic carbocycles. The molecule has 0 radical (unpaired) electrons. The van der Waals surface area contributed by atoms with Crippen LogP contribution in [0.2, 0.25) is 0 Å². The van der Waals surface area contributed by atoms with E-state index in [0.717, 1.165) is 0 Å². The van der Waals surface area contributed by atoms with Crippen LogP contribution in [0.5, 0.6) is 5.75 Å². The minimum Gasteiger partial charge on any atom is -0.496 e. The first-order chi connectivity index (χ1) is 7.76. The third-order valence-electron chi connectivity index (χ3n) is 2.06. The smallest absolute Gasteiger partial charge is 0.264 e. The summed E-state index contributed by atoms with van der Waals surface area (Å²) in [5, 5.41) is 3.59. The maximum absolute atomic E-state index is 13.6. The third-order valence-corrected chi connectivity index (χ3v) is 2.06. The molecule has 1 aromatic heterocycles. The van der Waals surface area contributed by atoms with Crippen LogP contribution in [-0.4, -0.2) is 17.3 Å². The largest absolute Gasteiger partial charge is 0.496 e. The summed E-state index contributed by atoms with van der Waals surface area (Å²) in [6, 6.07) is 4.45. The maximum Gasteiger partial charge on any atom is 0.264 e. The van der Waals surface area contributed by atoms with E-state index < -0.39 is 5.82 Å². The summed E-state index contributed by atoms with van der Waals surface area (Å²) in [5.41, 5.74) is 5.49. The van der Waals surface area contributed by atoms with Gasteiger partial charge >= 0.3 is 0 Å². The van der Waals surface area contributed by atoms with E-state index in [1.54, 1.807) is 6.07 Å². The van der Waals surface area contributed by atoms with E-state index in [9.17, 15) is 4.39 Å². The highest BCUT2D eigenvalue weighted by Crippen LogP contribution is 2.30. The molecule has 0 aliphatic rings. The second-order valence-electron chi connectivity index (χ2n) is 3.04. The van der Waals surface area contributed by atoms with Gasteiger partial charge in [0.2, 0.25) is 0 Å². The summed E-state index contributed by atoms with van der Waals surface area (Å²) in [6.45, 7) is 0.139. The fourth-order valence-electron chi connectivity index (χ4n) is 1.32. The zero-order chi connectivity index (χ0) is 11.5. The molecule has 0 spiro atoms. The second-order valence-corrected chi connectivity index (χ2v) is 3.04. The van der Waals surface area contributed by atoms with Crippen molar-refractivity contribution in [2.45, 2.75) is 6.54 Å². The van der Waals surface area contributed by atoms with Crippen molar-refractivity contribution in [3.05, 3.63) is 29.8 Å². The molecule has 2 rings (SSSR count). The lowest BCUT2D eigenvalue weighted by molar-refractivity contribution is 0.398. The van der Waals surface area contributed by atoms with Crippen LogP contribution < -0.4 is 10.5 Å². The van der Waals surface area contributed by atoms with Crippen molar-refractivity contribution in [1.82, 2.24) is 10.1 Å². The molecule has 0 unspecified atom stereocenters. The Morgan fingerprint density at radius 3 is 2.94 bits per heavy atom. The molecule has 0 saturated carbocycles. The lowest BCUT2D eigenvalue weighted by Gasteiger charge is -2.04. The predicted octanol–water partition coefficient (Wildman–Crippen LogP) is 1.34. The number of nitrogens with zero attached hydrogens (tertiary/aromatic N) is 2. The Bertz CT molecular complexity index is 499. The highest BCUT2D eigenvalue weighted by molar-refractivity contribution is 5.63. The molecule has 5 nitrogen and oxygen atoms in total. The fraction of sp³-hybridized carbons (Fsp3) is 0.200. The van der Waals surface area contributed by atoms with Crippen molar-refractivity contribution in [3.63, 3.8) is 0 Å². The van der Waals surface area contributed by atoms with Gasteiger partial charge < -0.3 is 15.0 Å². The van der Waals surface area contributed by atoms with Crippen molar-refractivity contribution < 1.29 is 13.7 Å². The fourth-order valence-corrected chi connectivity index (χ4v) is 1.32. The number of nitrogens with two attached hydrogens (primary N) is 1. The zero-order valence-electron chi connectivity index (χ0n) is 8.61. The van der Waals surface area contributed by atoms with E-state index in [-0.39, 0.29) is 18.0 Å². The van der Waals surface area contributed by atoms with E-state index >= 15 is 0 Å². The van der Waals surface area contributed by atoms with Gasteiger partial charge in [0.05, 0.1) is 13.7 Å². The zero-order valence-corrected chi connectivity index (χ0v) is 8.61. The quantitative estimate of drug-likeness (QED) is 0.849. The number of hydrogen-bond acceptors (Lipinski definition) is 5. The van der Waals surface area contributed by atoms with Crippen LogP contribution in [0, 0.1) is 5.82 Å². The number of benzene rings is 1. The first kappa shape index (κ1) is 10.6. The molecule has 0 fully saturated rings. The molecule has 0 atom stereocenters. The summed E-state index contributed by atoms with van der Waals surface area (Å²) in [5.74, 6) is 0.245. The Hall–Kier alpha value is -1.95. The molecule has 1 heterocycles. The predicted molar refractivity (Wildman–Crippen MR) is 54.1 cm³/mol. The summed E-state index contributed by atoms with van der Waals surface area (Å²) in [7, 11) is 1.44. The summed E-state index contributed by atoms with van der Waals surface area (Å²) in [4.78, 5) is 3.95. The molecule has 0 saturated heterocycles. The van der Waals surface area contributed by atoms with Crippen LogP contribution in [-0.2, 0) is 6.54 Å². The van der Waals surface area contributed by atoms with E-state index in [4.69, 9.17) is 15.0 Å². The SMILES string of the molecule is COc1cccc(F)c1-c1nc(CN)no1. The normalized spacial score (nSPS) is 10.4. The van der Waals surface area contributed by atoms with E-state index in [1.165, 1.54) is 19.2 Å². The van der Waals surface area contributed by atoms with Gasteiger partial charge in [-0.2, -0.15) is 4.98 Å². The van der Waals surface area contributed by atoms with E-state index in [2.05, 4.69) is 10.1 Å². The third kappa shape index (κ3) is 1.74. The lowest BCUT2D eigenvalue weighted by Crippen LogP contribution is -1.98. The number of halogens is 1. The number of rotatable bonds is 3. The Morgan fingerprint density at radius 2 is 2.31 bits per heavy atom. The molecule has 2 aromatic rings. The molecule has 84 valence electrons. The van der Waals surface area contributed by atoms with Gasteiger partial charge in [0.1, 0.15) is 17.1 Å². The lowest BCUT2D eigenvalue weighted by atomic mass is 10.2. The van der Waals surface area contributed by atoms with Gasteiger partial charge in [0, 0.05) is 0 Å². The van der Waals surface area contributed by atoms with Crippen molar-refractivity contribution >= 4 is 0 Å². The van der Waals surface area contributed by atoms with Crippen LogP contribution in [0.25, 0.3) is 11.5 Å². The Kier molecular flexibility index (Phi) is 2.82. The van der Waals surface area contributed by atoms with Crippen LogP contribution >= 0.6 is 0 Å². The topological polar surface area (TPSA) is 74.2 Å². The summed E-state index contributed by atoms with van der Waals surface area (Å²) < 4.78 is 23.5. The van der Waals surface area contributed by atoms with Gasteiger partial charge in [-0.25, -0.2) is 4.39 Å². The monoisotopic (exact) mass is 223 g/mol. The molecule has 2 N–H and O–H groups in total. The summed E-state index contributed by atoms with van der Waals surface area (Å²) >= 11 is 0. The molecule has 0 aliphatic heterocycles. The highest BCUT2D eigenvalue weighted by Gasteiger charge is 2.17. The first-order valence-electron chi connectivity index (χ1n) is 4.61. The maximum atomic E-state index is 13.6. The van der Waals surface area contributed by atoms with Crippen LogP contribution in [0.15, 0.2) is 22.7 Å². The Morgan fingerprint density at radius 1 is 1.50 bits per heavy atom. The summed E-state index contributed by atoms with van der Waals surface area (Å²) in [6.07, 6.45) is 0. The minimum absolute atomic E-state index is 0.0652. The average molecular weight is 223 g/mol. The molecule has 0 bridgehead atoms.